The van der Waals surface area contributed by atoms with Crippen molar-refractivity contribution in [3.05, 3.63) is 36.0 Å². The zero-order valence-electron chi connectivity index (χ0n) is 13.4. The van der Waals surface area contributed by atoms with Gasteiger partial charge in [0, 0.05) is 25.3 Å². The second-order valence-electron chi connectivity index (χ2n) is 6.98. The van der Waals surface area contributed by atoms with Crippen molar-refractivity contribution in [2.24, 2.45) is 0 Å². The number of hydrogen-bond acceptors (Lipinski definition) is 2. The molecule has 0 unspecified atom stereocenters. The second-order valence-corrected chi connectivity index (χ2v) is 6.98. The van der Waals surface area contributed by atoms with E-state index in [1.807, 2.05) is 0 Å². The van der Waals surface area contributed by atoms with Crippen molar-refractivity contribution >= 4 is 10.9 Å². The van der Waals surface area contributed by atoms with E-state index in [1.165, 1.54) is 29.3 Å². The molecule has 1 fully saturated rings. The van der Waals surface area contributed by atoms with Crippen LogP contribution in [0.1, 0.15) is 39.2 Å². The largest absolute Gasteiger partial charge is 0.374 e. The van der Waals surface area contributed by atoms with E-state index in [1.54, 1.807) is 0 Å². The molecule has 1 N–H and O–H groups in total. The molecule has 0 atom stereocenters. The summed E-state index contributed by atoms with van der Waals surface area (Å²) in [6.07, 6.45) is 4.84. The first kappa shape index (κ1) is 14.6. The third kappa shape index (κ3) is 3.86. The van der Waals surface area contributed by atoms with Crippen LogP contribution in [0, 0.1) is 0 Å². The average molecular weight is 286 g/mol. The molecule has 0 saturated heterocycles. The summed E-state index contributed by atoms with van der Waals surface area (Å²) >= 11 is 0. The SMILES string of the molecule is CC(C)(C)OCCn1ccc2cccc(CNC3CC3)c21. The van der Waals surface area contributed by atoms with Gasteiger partial charge in [0.05, 0.1) is 17.7 Å². The average Bonchev–Trinajstić information content (AvgIpc) is 3.16. The van der Waals surface area contributed by atoms with E-state index in [4.69, 9.17) is 4.74 Å². The number of ether oxygens (including phenoxy) is 1. The number of rotatable bonds is 6. The fourth-order valence-electron chi connectivity index (χ4n) is 2.66. The number of nitrogens with one attached hydrogen (secondary N) is 1. The third-order valence-corrected chi connectivity index (χ3v) is 3.90. The van der Waals surface area contributed by atoms with E-state index >= 15 is 0 Å². The van der Waals surface area contributed by atoms with Gasteiger partial charge >= 0.3 is 0 Å². The Morgan fingerprint density at radius 3 is 2.76 bits per heavy atom. The smallest absolute Gasteiger partial charge is 0.0652 e. The maximum Gasteiger partial charge on any atom is 0.0652 e. The highest BCUT2D eigenvalue weighted by atomic mass is 16.5. The predicted molar refractivity (Wildman–Crippen MR) is 87.5 cm³/mol. The second kappa shape index (κ2) is 5.82. The highest BCUT2D eigenvalue weighted by Gasteiger charge is 2.20. The van der Waals surface area contributed by atoms with E-state index in [2.05, 4.69) is 61.1 Å². The van der Waals surface area contributed by atoms with Gasteiger partial charge in [-0.2, -0.15) is 0 Å². The number of para-hydroxylation sites is 1. The number of aromatic nitrogens is 1. The minimum atomic E-state index is -0.0701. The summed E-state index contributed by atoms with van der Waals surface area (Å²) in [5.74, 6) is 0. The van der Waals surface area contributed by atoms with Gasteiger partial charge in [-0.1, -0.05) is 18.2 Å². The molecule has 114 valence electrons. The molecule has 0 bridgehead atoms. The van der Waals surface area contributed by atoms with Crippen LogP contribution in [-0.4, -0.2) is 22.8 Å². The Morgan fingerprint density at radius 2 is 2.05 bits per heavy atom. The minimum absolute atomic E-state index is 0.0701. The quantitative estimate of drug-likeness (QED) is 0.876. The zero-order valence-corrected chi connectivity index (χ0v) is 13.4. The van der Waals surface area contributed by atoms with Crippen molar-refractivity contribution in [2.45, 2.75) is 58.3 Å². The number of fused-ring (bicyclic) bond motifs is 1. The van der Waals surface area contributed by atoms with Crippen molar-refractivity contribution in [3.8, 4) is 0 Å². The van der Waals surface area contributed by atoms with E-state index < -0.39 is 0 Å². The lowest BCUT2D eigenvalue weighted by Gasteiger charge is -2.20. The molecule has 0 aliphatic heterocycles. The number of hydrogen-bond donors (Lipinski definition) is 1. The monoisotopic (exact) mass is 286 g/mol. The molecule has 1 aromatic heterocycles. The lowest BCUT2D eigenvalue weighted by molar-refractivity contribution is -0.00645. The van der Waals surface area contributed by atoms with Gasteiger partial charge < -0.3 is 14.6 Å². The summed E-state index contributed by atoms with van der Waals surface area (Å²) in [7, 11) is 0. The molecule has 3 nitrogen and oxygen atoms in total. The summed E-state index contributed by atoms with van der Waals surface area (Å²) in [5.41, 5.74) is 2.67. The molecule has 1 heterocycles. The van der Waals surface area contributed by atoms with Crippen molar-refractivity contribution in [3.63, 3.8) is 0 Å². The van der Waals surface area contributed by atoms with Gasteiger partial charge in [-0.05, 0) is 50.6 Å². The summed E-state index contributed by atoms with van der Waals surface area (Å²) in [4.78, 5) is 0. The van der Waals surface area contributed by atoms with Crippen LogP contribution in [0.2, 0.25) is 0 Å². The Labute approximate surface area is 127 Å². The molecular weight excluding hydrogens is 260 g/mol. The summed E-state index contributed by atoms with van der Waals surface area (Å²) in [6, 6.07) is 9.53. The molecule has 2 aromatic rings. The summed E-state index contributed by atoms with van der Waals surface area (Å²) < 4.78 is 8.19. The van der Waals surface area contributed by atoms with Crippen LogP contribution in [0.15, 0.2) is 30.5 Å². The lowest BCUT2D eigenvalue weighted by Crippen LogP contribution is -2.22. The standard InChI is InChI=1S/C18H26N2O/c1-18(2,3)21-12-11-20-10-9-14-5-4-6-15(17(14)20)13-19-16-7-8-16/h4-6,9-10,16,19H,7-8,11-13H2,1-3H3. The van der Waals surface area contributed by atoms with Gasteiger partial charge in [0.15, 0.2) is 0 Å². The molecule has 1 aliphatic rings. The van der Waals surface area contributed by atoms with Crippen LogP contribution in [0.5, 0.6) is 0 Å². The Hall–Kier alpha value is -1.32. The first-order chi connectivity index (χ1) is 10.0. The normalized spacial score (nSPS) is 15.8. The number of nitrogens with zero attached hydrogens (tertiary/aromatic N) is 1. The predicted octanol–water partition coefficient (Wildman–Crippen LogP) is 3.71. The lowest BCUT2D eigenvalue weighted by atomic mass is 10.1. The van der Waals surface area contributed by atoms with Crippen LogP contribution < -0.4 is 5.32 Å². The fraction of sp³-hybridized carbons (Fsp3) is 0.556. The van der Waals surface area contributed by atoms with Gasteiger partial charge in [-0.25, -0.2) is 0 Å². The van der Waals surface area contributed by atoms with E-state index in [9.17, 15) is 0 Å². The van der Waals surface area contributed by atoms with Gasteiger partial charge in [0.1, 0.15) is 0 Å². The van der Waals surface area contributed by atoms with Gasteiger partial charge in [0.2, 0.25) is 0 Å². The summed E-state index contributed by atoms with van der Waals surface area (Å²) in [6.45, 7) is 8.92. The fourth-order valence-corrected chi connectivity index (χ4v) is 2.66. The molecular formula is C18H26N2O. The van der Waals surface area contributed by atoms with Crippen LogP contribution in [-0.2, 0) is 17.8 Å². The highest BCUT2D eigenvalue weighted by molar-refractivity contribution is 5.83. The maximum absolute atomic E-state index is 5.86. The first-order valence-electron chi connectivity index (χ1n) is 7.97. The van der Waals surface area contributed by atoms with Gasteiger partial charge in [-0.15, -0.1) is 0 Å². The Bertz CT molecular complexity index is 605. The number of benzene rings is 1. The van der Waals surface area contributed by atoms with Gasteiger partial charge in [0.25, 0.3) is 0 Å². The van der Waals surface area contributed by atoms with Crippen LogP contribution in [0.25, 0.3) is 10.9 Å². The highest BCUT2D eigenvalue weighted by Crippen LogP contribution is 2.23. The van der Waals surface area contributed by atoms with Crippen molar-refractivity contribution < 1.29 is 4.74 Å². The Kier molecular flexibility index (Phi) is 4.05. The molecule has 3 rings (SSSR count). The molecule has 0 spiro atoms. The minimum Gasteiger partial charge on any atom is -0.374 e. The first-order valence-corrected chi connectivity index (χ1v) is 7.97. The van der Waals surface area contributed by atoms with E-state index in [-0.39, 0.29) is 5.60 Å². The van der Waals surface area contributed by atoms with Crippen LogP contribution >= 0.6 is 0 Å². The molecule has 21 heavy (non-hydrogen) atoms. The summed E-state index contributed by atoms with van der Waals surface area (Å²) in [5, 5.41) is 4.94. The van der Waals surface area contributed by atoms with E-state index in [0.29, 0.717) is 0 Å². The molecule has 1 aromatic carbocycles. The Morgan fingerprint density at radius 1 is 1.24 bits per heavy atom. The van der Waals surface area contributed by atoms with Crippen molar-refractivity contribution in [1.29, 1.82) is 0 Å². The van der Waals surface area contributed by atoms with Crippen LogP contribution in [0.4, 0.5) is 0 Å². The molecule has 1 aliphatic carbocycles. The maximum atomic E-state index is 5.86. The van der Waals surface area contributed by atoms with E-state index in [0.717, 1.165) is 25.7 Å². The van der Waals surface area contributed by atoms with Crippen molar-refractivity contribution in [2.75, 3.05) is 6.61 Å². The molecule has 0 amide bonds. The van der Waals surface area contributed by atoms with Crippen molar-refractivity contribution in [1.82, 2.24) is 9.88 Å². The Balaban J connectivity index is 1.74. The van der Waals surface area contributed by atoms with Gasteiger partial charge in [-0.3, -0.25) is 0 Å². The van der Waals surface area contributed by atoms with Crippen LogP contribution in [0.3, 0.4) is 0 Å². The molecule has 1 saturated carbocycles. The zero-order chi connectivity index (χ0) is 14.9. The molecule has 0 radical (unpaired) electrons. The molecule has 3 heteroatoms. The third-order valence-electron chi connectivity index (χ3n) is 3.90. The topological polar surface area (TPSA) is 26.2 Å².